The van der Waals surface area contributed by atoms with Gasteiger partial charge >= 0.3 is 0 Å². The Kier molecular flexibility index (Phi) is 9.81. The van der Waals surface area contributed by atoms with Crippen LogP contribution in [0.4, 0.5) is 0 Å². The second kappa shape index (κ2) is 13.9. The van der Waals surface area contributed by atoms with Crippen LogP contribution in [0.1, 0.15) is 35.1 Å². The van der Waals surface area contributed by atoms with Crippen LogP contribution < -0.4 is 0 Å². The molecule has 5 N–H and O–H groups in total. The van der Waals surface area contributed by atoms with Gasteiger partial charge in [-0.1, -0.05) is 51.3 Å². The number of aliphatic hydroxyl groups excluding tert-OH is 5. The lowest BCUT2D eigenvalue weighted by atomic mass is 9.70. The first-order chi connectivity index (χ1) is 23.2. The number of aliphatic hydroxyl groups is 5. The predicted molar refractivity (Wildman–Crippen MR) is 171 cm³/mol. The topological polar surface area (TPSA) is 211 Å². The first-order valence-electron chi connectivity index (χ1n) is 15.7. The van der Waals surface area contributed by atoms with Gasteiger partial charge in [-0.15, -0.1) is 0 Å². The number of hydrogen-bond acceptors (Lipinski definition) is 14. The molecule has 1 aliphatic carbocycles. The zero-order chi connectivity index (χ0) is 34.2. The number of nitroso groups, excluding NO2 is 3. The Morgan fingerprint density at radius 2 is 1.21 bits per heavy atom. The highest BCUT2D eigenvalue weighted by atomic mass is 16.5. The smallest absolute Gasteiger partial charge is 0.158 e. The minimum atomic E-state index is -1.48. The Balaban J connectivity index is 1.33. The van der Waals surface area contributed by atoms with Crippen LogP contribution in [0.2, 0.25) is 0 Å². The fourth-order valence-electron chi connectivity index (χ4n) is 7.31. The molecule has 0 saturated carbocycles. The molecule has 3 unspecified atom stereocenters. The van der Waals surface area contributed by atoms with Crippen LogP contribution in [-0.2, 0) is 14.9 Å². The standard InChI is InChI=1S/C34H36N4O10/c1-38-12-10-34(11-13-38)22-14-18(4-8-24-28(35-44)29(36-45)32(42)26(16-39)47-24)2-6-20(22)21-7-3-19(15-23(21)34)5-9-25-31(41)30(37-46)33(43)27(17-40)48-25/h2-3,6-7,14-15,24-33,39-43H,10-13,16-17H2,1H3/t24?,25?,26-,27-,28-,29?,30-,31-,32-,33-/m1/s1. The fraction of sp³-hybridized carbons (Fsp3) is 0.529. The normalized spacial score (nSPS) is 33.7. The Labute approximate surface area is 276 Å². The van der Waals surface area contributed by atoms with Gasteiger partial charge in [-0.2, -0.15) is 14.7 Å². The minimum absolute atomic E-state index is 0.362. The first-order valence-corrected chi connectivity index (χ1v) is 15.7. The molecule has 0 amide bonds. The Morgan fingerprint density at radius 1 is 0.729 bits per heavy atom. The zero-order valence-corrected chi connectivity index (χ0v) is 26.0. The third-order valence-corrected chi connectivity index (χ3v) is 10.1. The molecule has 48 heavy (non-hydrogen) atoms. The van der Waals surface area contributed by atoms with Gasteiger partial charge in [0.05, 0.1) is 13.2 Å². The molecule has 252 valence electrons. The summed E-state index contributed by atoms with van der Waals surface area (Å²) in [7, 11) is 2.07. The van der Waals surface area contributed by atoms with Gasteiger partial charge in [0.15, 0.2) is 6.04 Å². The molecule has 4 aliphatic rings. The maximum absolute atomic E-state index is 11.6. The molecule has 0 bridgehead atoms. The predicted octanol–water partition coefficient (Wildman–Crippen LogP) is 0.389. The third-order valence-electron chi connectivity index (χ3n) is 10.1. The molecule has 10 atom stereocenters. The maximum Gasteiger partial charge on any atom is 0.158 e. The average Bonchev–Trinajstić information content (AvgIpc) is 3.36. The van der Waals surface area contributed by atoms with E-state index in [2.05, 4.69) is 51.2 Å². The van der Waals surface area contributed by atoms with Crippen molar-refractivity contribution >= 4 is 0 Å². The van der Waals surface area contributed by atoms with E-state index < -0.39 is 74.1 Å². The molecule has 3 saturated heterocycles. The molecule has 6 rings (SSSR count). The molecule has 0 aromatic heterocycles. The number of fused-ring (bicyclic) bond motifs is 5. The van der Waals surface area contributed by atoms with Gasteiger partial charge in [0.2, 0.25) is 0 Å². The van der Waals surface area contributed by atoms with Gasteiger partial charge in [-0.05, 0) is 79.5 Å². The Hall–Kier alpha value is -3.96. The van der Waals surface area contributed by atoms with Crippen molar-refractivity contribution in [1.82, 2.24) is 4.90 Å². The summed E-state index contributed by atoms with van der Waals surface area (Å²) in [6.45, 7) is 0.522. The second-order valence-corrected chi connectivity index (χ2v) is 12.8. The molecule has 3 heterocycles. The van der Waals surface area contributed by atoms with Crippen LogP contribution in [0.15, 0.2) is 51.9 Å². The molecular formula is C34H36N4O10. The van der Waals surface area contributed by atoms with Gasteiger partial charge in [0.25, 0.3) is 0 Å². The van der Waals surface area contributed by atoms with Gasteiger partial charge in [0.1, 0.15) is 54.8 Å². The van der Waals surface area contributed by atoms with E-state index >= 15 is 0 Å². The van der Waals surface area contributed by atoms with Crippen molar-refractivity contribution in [3.63, 3.8) is 0 Å². The third kappa shape index (κ3) is 5.85. The van der Waals surface area contributed by atoms with E-state index in [4.69, 9.17) is 9.47 Å². The van der Waals surface area contributed by atoms with Crippen molar-refractivity contribution in [3.05, 3.63) is 73.4 Å². The number of nitrogens with zero attached hydrogens (tertiary/aromatic N) is 4. The Morgan fingerprint density at radius 3 is 1.71 bits per heavy atom. The summed E-state index contributed by atoms with van der Waals surface area (Å²) in [6, 6.07) is 7.59. The number of rotatable bonds is 5. The molecule has 14 heteroatoms. The van der Waals surface area contributed by atoms with Crippen LogP contribution in [-0.4, -0.2) is 125 Å². The van der Waals surface area contributed by atoms with Crippen molar-refractivity contribution in [2.24, 2.45) is 15.5 Å². The van der Waals surface area contributed by atoms with Crippen LogP contribution in [0, 0.1) is 38.4 Å². The number of piperidine rings is 1. The SMILES string of the molecule is CN1CCC2(CC1)c1cc(C#CC3O[C@H](CO)[C@@H](O)C(N=O)[C@@H]3N=O)ccc1-c1ccc(C#CC3O[C@H](CO)[C@@H](O)[C@H](N=O)[C@@H]3O)cc12. The number of ether oxygens (including phenoxy) is 2. The minimum Gasteiger partial charge on any atom is -0.394 e. The lowest BCUT2D eigenvalue weighted by Gasteiger charge is -2.39. The van der Waals surface area contributed by atoms with Crippen molar-refractivity contribution in [3.8, 4) is 34.8 Å². The first kappa shape index (κ1) is 33.9. The molecule has 0 radical (unpaired) electrons. The number of likely N-dealkylation sites (tertiary alicyclic amines) is 1. The molecule has 3 aliphatic heterocycles. The van der Waals surface area contributed by atoms with Gasteiger partial charge in [0, 0.05) is 16.5 Å². The van der Waals surface area contributed by atoms with Crippen molar-refractivity contribution < 1.29 is 35.0 Å². The van der Waals surface area contributed by atoms with Gasteiger partial charge in [-0.25, -0.2) is 0 Å². The second-order valence-electron chi connectivity index (χ2n) is 12.8. The molecule has 2 aromatic rings. The van der Waals surface area contributed by atoms with Gasteiger partial charge < -0.3 is 39.9 Å². The largest absolute Gasteiger partial charge is 0.394 e. The quantitative estimate of drug-likeness (QED) is 0.219. The average molecular weight is 661 g/mol. The summed E-state index contributed by atoms with van der Waals surface area (Å²) in [5.41, 5.74) is 5.18. The van der Waals surface area contributed by atoms with E-state index in [-0.39, 0.29) is 5.41 Å². The summed E-state index contributed by atoms with van der Waals surface area (Å²) in [6.07, 6.45) is -7.33. The van der Waals surface area contributed by atoms with Crippen molar-refractivity contribution in [1.29, 1.82) is 0 Å². The summed E-state index contributed by atoms with van der Waals surface area (Å²) in [4.78, 5) is 36.6. The monoisotopic (exact) mass is 660 g/mol. The van der Waals surface area contributed by atoms with E-state index in [1.54, 1.807) is 0 Å². The van der Waals surface area contributed by atoms with E-state index in [0.29, 0.717) is 11.1 Å². The van der Waals surface area contributed by atoms with Crippen LogP contribution in [0.5, 0.6) is 0 Å². The van der Waals surface area contributed by atoms with Gasteiger partial charge in [-0.3, -0.25) is 0 Å². The highest BCUT2D eigenvalue weighted by Gasteiger charge is 2.48. The van der Waals surface area contributed by atoms with E-state index in [1.165, 1.54) is 0 Å². The zero-order valence-electron chi connectivity index (χ0n) is 26.0. The maximum atomic E-state index is 11.6. The summed E-state index contributed by atoms with van der Waals surface area (Å²) >= 11 is 0. The lowest BCUT2D eigenvalue weighted by molar-refractivity contribution is -0.170. The molecule has 1 spiro atoms. The summed E-state index contributed by atoms with van der Waals surface area (Å²) in [5, 5.41) is 58.9. The summed E-state index contributed by atoms with van der Waals surface area (Å²) < 4.78 is 11.2. The molecule has 14 nitrogen and oxygen atoms in total. The van der Waals surface area contributed by atoms with E-state index in [9.17, 15) is 40.3 Å². The number of benzene rings is 2. The molecule has 2 aromatic carbocycles. The highest BCUT2D eigenvalue weighted by molar-refractivity contribution is 5.82. The lowest BCUT2D eigenvalue weighted by Crippen LogP contribution is -2.57. The van der Waals surface area contributed by atoms with E-state index in [1.807, 2.05) is 36.4 Å². The van der Waals surface area contributed by atoms with Crippen molar-refractivity contribution in [2.75, 3.05) is 33.4 Å². The van der Waals surface area contributed by atoms with Crippen LogP contribution >= 0.6 is 0 Å². The van der Waals surface area contributed by atoms with E-state index in [0.717, 1.165) is 48.2 Å². The summed E-state index contributed by atoms with van der Waals surface area (Å²) in [5.74, 6) is 11.8. The molecule has 3 fully saturated rings. The van der Waals surface area contributed by atoms with Crippen molar-refractivity contribution in [2.45, 2.75) is 79.1 Å². The fourth-order valence-corrected chi connectivity index (χ4v) is 7.31. The van der Waals surface area contributed by atoms with Crippen LogP contribution in [0.25, 0.3) is 11.1 Å². The number of hydrogen-bond donors (Lipinski definition) is 5. The Bertz CT molecular complexity index is 1690. The molecular weight excluding hydrogens is 624 g/mol. The highest BCUT2D eigenvalue weighted by Crippen LogP contribution is 2.54. The van der Waals surface area contributed by atoms with Crippen LogP contribution in [0.3, 0.4) is 0 Å².